The molecule has 0 aromatic heterocycles. The van der Waals surface area contributed by atoms with Crippen LogP contribution in [0.1, 0.15) is 99.3 Å². The number of aliphatic carboxylic acids is 1. The van der Waals surface area contributed by atoms with Gasteiger partial charge in [-0.15, -0.1) is 9.24 Å². The van der Waals surface area contributed by atoms with Gasteiger partial charge in [0.05, 0.1) is 11.7 Å². The van der Waals surface area contributed by atoms with Gasteiger partial charge >= 0.3 is 5.97 Å². The summed E-state index contributed by atoms with van der Waals surface area (Å²) >= 11 is 0. The lowest BCUT2D eigenvalue weighted by molar-refractivity contribution is -0.132. The number of hydrogen-bond donors (Lipinski definition) is 3. The average Bonchev–Trinajstić information content (AvgIpc) is 2.73. The first kappa shape index (κ1) is 29.8. The maximum atomic E-state index is 10.8. The number of allylic oxidation sites excluding steroid dienone is 5. The van der Waals surface area contributed by atoms with E-state index in [4.69, 9.17) is 5.11 Å². The van der Waals surface area contributed by atoms with E-state index in [0.29, 0.717) is 17.9 Å². The molecule has 0 aliphatic heterocycles. The van der Waals surface area contributed by atoms with Crippen molar-refractivity contribution in [2.45, 2.75) is 111 Å². The number of carboxylic acids is 1. The Morgan fingerprint density at radius 1 is 1.21 bits per heavy atom. The van der Waals surface area contributed by atoms with Crippen molar-refractivity contribution >= 4 is 15.2 Å². The van der Waals surface area contributed by atoms with E-state index in [-0.39, 0.29) is 12.0 Å². The van der Waals surface area contributed by atoms with Gasteiger partial charge in [0.2, 0.25) is 0 Å². The average molecular weight is 479 g/mol. The largest absolute Gasteiger partial charge is 0.478 e. The maximum Gasteiger partial charge on any atom is 0.330 e. The lowest BCUT2D eigenvalue weighted by Crippen LogP contribution is -2.24. The zero-order valence-electron chi connectivity index (χ0n) is 21.7. The monoisotopic (exact) mass is 478 g/mol. The summed E-state index contributed by atoms with van der Waals surface area (Å²) in [6.45, 7) is 12.1. The summed E-state index contributed by atoms with van der Waals surface area (Å²) in [5.74, 6) is -0.0890. The minimum absolute atomic E-state index is 0.193. The molecular weight excluding hydrogens is 431 g/mol. The van der Waals surface area contributed by atoms with Crippen LogP contribution >= 0.6 is 9.24 Å². The van der Waals surface area contributed by atoms with Crippen molar-refractivity contribution < 1.29 is 20.1 Å². The van der Waals surface area contributed by atoms with Crippen molar-refractivity contribution in [1.29, 1.82) is 0 Å². The predicted molar refractivity (Wildman–Crippen MR) is 142 cm³/mol. The highest BCUT2D eigenvalue weighted by Gasteiger charge is 2.23. The second kappa shape index (κ2) is 14.2. The van der Waals surface area contributed by atoms with E-state index in [2.05, 4.69) is 43.0 Å². The minimum atomic E-state index is -0.869. The van der Waals surface area contributed by atoms with Crippen LogP contribution in [0.4, 0.5) is 0 Å². The highest BCUT2D eigenvalue weighted by Crippen LogP contribution is 2.36. The molecule has 0 aromatic carbocycles. The Hall–Kier alpha value is -1.22. The Morgan fingerprint density at radius 2 is 1.85 bits per heavy atom. The molecule has 0 saturated carbocycles. The van der Waals surface area contributed by atoms with Crippen molar-refractivity contribution in [3.05, 3.63) is 45.8 Å². The quantitative estimate of drug-likeness (QED) is 0.143. The molecule has 1 aliphatic carbocycles. The molecule has 4 nitrogen and oxygen atoms in total. The first-order valence-electron chi connectivity index (χ1n) is 12.5. The molecule has 0 spiro atoms. The van der Waals surface area contributed by atoms with E-state index in [1.807, 2.05) is 13.0 Å². The second-order valence-electron chi connectivity index (χ2n) is 10.4. The fraction of sp³-hybridized carbons (Fsp3) is 0.679. The molecule has 1 rings (SSSR count). The third-order valence-corrected chi connectivity index (χ3v) is 8.00. The summed E-state index contributed by atoms with van der Waals surface area (Å²) < 4.78 is 0. The molecule has 5 unspecified atom stereocenters. The molecule has 0 amide bonds. The Balaban J connectivity index is 2.32. The number of aliphatic hydroxyl groups excluding tert-OH is 1. The van der Waals surface area contributed by atoms with Gasteiger partial charge in [0.25, 0.3) is 0 Å². The molecule has 5 atom stereocenters. The highest BCUT2D eigenvalue weighted by atomic mass is 31.0. The van der Waals surface area contributed by atoms with Crippen LogP contribution in [0.25, 0.3) is 0 Å². The summed E-state index contributed by atoms with van der Waals surface area (Å²) in [5, 5.41) is 31.2. The highest BCUT2D eigenvalue weighted by molar-refractivity contribution is 7.23. The standard InChI is InChI=1S/C28H47O4P/c1-19(10-7-13-21(3)27(30)31)11-8-16-28(6,32)17-9-12-20(2)14-15-24-18-25(29)22(4)23(5)26(24)33/h10,13,18,20,22,25,29,32H,7-9,11-12,14-17,33H2,1-6H3,(H,30,31)/b19-10+,21-13+. The van der Waals surface area contributed by atoms with Crippen LogP contribution in [0.2, 0.25) is 0 Å². The molecule has 0 fully saturated rings. The van der Waals surface area contributed by atoms with E-state index in [9.17, 15) is 15.0 Å². The molecule has 1 aliphatic rings. The van der Waals surface area contributed by atoms with Crippen LogP contribution in [0.5, 0.6) is 0 Å². The van der Waals surface area contributed by atoms with Gasteiger partial charge in [0, 0.05) is 11.5 Å². The summed E-state index contributed by atoms with van der Waals surface area (Å²) in [7, 11) is 2.86. The molecule has 188 valence electrons. The SMILES string of the molecule is CC1=C(P)C(CCC(C)CCCC(C)(O)CCC/C(C)=C/C/C=C(\C)C(=O)O)=CC(O)C1C. The third-order valence-electron chi connectivity index (χ3n) is 7.17. The molecule has 0 aromatic rings. The van der Waals surface area contributed by atoms with Crippen LogP contribution in [-0.2, 0) is 4.79 Å². The number of carbonyl (C=O) groups is 1. The molecule has 5 heteroatoms. The zero-order chi connectivity index (χ0) is 25.2. The predicted octanol–water partition coefficient (Wildman–Crippen LogP) is 6.95. The van der Waals surface area contributed by atoms with Crippen molar-refractivity contribution in [3.63, 3.8) is 0 Å². The third kappa shape index (κ3) is 11.2. The Labute approximate surface area is 204 Å². The van der Waals surface area contributed by atoms with E-state index < -0.39 is 11.6 Å². The van der Waals surface area contributed by atoms with Crippen LogP contribution in [0.15, 0.2) is 45.8 Å². The smallest absolute Gasteiger partial charge is 0.330 e. The Bertz CT molecular complexity index is 773. The number of rotatable bonds is 14. The van der Waals surface area contributed by atoms with Gasteiger partial charge in [0.15, 0.2) is 0 Å². The molecule has 0 bridgehead atoms. The summed E-state index contributed by atoms with van der Waals surface area (Å²) in [5.41, 5.74) is 3.51. The Kier molecular flexibility index (Phi) is 12.9. The van der Waals surface area contributed by atoms with E-state index in [1.54, 1.807) is 13.0 Å². The summed E-state index contributed by atoms with van der Waals surface area (Å²) in [4.78, 5) is 10.8. The van der Waals surface area contributed by atoms with Crippen LogP contribution < -0.4 is 0 Å². The van der Waals surface area contributed by atoms with Crippen molar-refractivity contribution in [2.24, 2.45) is 11.8 Å². The fourth-order valence-corrected chi connectivity index (χ4v) is 4.79. The number of aliphatic hydroxyl groups is 2. The van der Waals surface area contributed by atoms with Gasteiger partial charge in [-0.05, 0) is 89.4 Å². The van der Waals surface area contributed by atoms with Gasteiger partial charge in [-0.3, -0.25) is 0 Å². The lowest BCUT2D eigenvalue weighted by Gasteiger charge is -2.27. The van der Waals surface area contributed by atoms with Crippen LogP contribution in [0, 0.1) is 11.8 Å². The van der Waals surface area contributed by atoms with E-state index in [1.165, 1.54) is 22.0 Å². The van der Waals surface area contributed by atoms with Crippen molar-refractivity contribution in [1.82, 2.24) is 0 Å². The Morgan fingerprint density at radius 3 is 2.48 bits per heavy atom. The molecule has 3 N–H and O–H groups in total. The first-order chi connectivity index (χ1) is 15.3. The molecule has 0 radical (unpaired) electrons. The maximum absolute atomic E-state index is 10.8. The number of carboxylic acid groups (broad SMARTS) is 1. The van der Waals surface area contributed by atoms with Gasteiger partial charge in [-0.1, -0.05) is 56.1 Å². The topological polar surface area (TPSA) is 77.8 Å². The van der Waals surface area contributed by atoms with Gasteiger partial charge in [0.1, 0.15) is 0 Å². The van der Waals surface area contributed by atoms with Gasteiger partial charge in [-0.25, -0.2) is 4.79 Å². The second-order valence-corrected chi connectivity index (χ2v) is 11.0. The zero-order valence-corrected chi connectivity index (χ0v) is 22.8. The van der Waals surface area contributed by atoms with Crippen LogP contribution in [-0.4, -0.2) is 33.0 Å². The van der Waals surface area contributed by atoms with E-state index in [0.717, 1.165) is 51.4 Å². The van der Waals surface area contributed by atoms with Gasteiger partial charge < -0.3 is 15.3 Å². The fourth-order valence-electron chi connectivity index (χ4n) is 4.29. The van der Waals surface area contributed by atoms with Crippen LogP contribution in [0.3, 0.4) is 0 Å². The number of hydrogen-bond acceptors (Lipinski definition) is 3. The summed E-state index contributed by atoms with van der Waals surface area (Å²) in [6.07, 6.45) is 13.7. The normalized spacial score (nSPS) is 22.8. The molecule has 33 heavy (non-hydrogen) atoms. The molecule has 0 saturated heterocycles. The lowest BCUT2D eigenvalue weighted by atomic mass is 9.85. The van der Waals surface area contributed by atoms with Crippen molar-refractivity contribution in [3.8, 4) is 0 Å². The molecule has 0 heterocycles. The van der Waals surface area contributed by atoms with Gasteiger partial charge in [-0.2, -0.15) is 0 Å². The molecular formula is C28H47O4P. The first-order valence-corrected chi connectivity index (χ1v) is 13.0. The minimum Gasteiger partial charge on any atom is -0.478 e. The van der Waals surface area contributed by atoms with E-state index >= 15 is 0 Å². The summed E-state index contributed by atoms with van der Waals surface area (Å²) in [6, 6.07) is 0. The van der Waals surface area contributed by atoms with Crippen molar-refractivity contribution in [2.75, 3.05) is 0 Å².